The Morgan fingerprint density at radius 1 is 1.37 bits per heavy atom. The van der Waals surface area contributed by atoms with Gasteiger partial charge in [0, 0.05) is 5.92 Å². The summed E-state index contributed by atoms with van der Waals surface area (Å²) in [4.78, 5) is 0. The van der Waals surface area contributed by atoms with Crippen molar-refractivity contribution in [1.29, 1.82) is 0 Å². The fourth-order valence-electron chi connectivity index (χ4n) is 3.04. The van der Waals surface area contributed by atoms with Gasteiger partial charge in [0.15, 0.2) is 5.82 Å². The summed E-state index contributed by atoms with van der Waals surface area (Å²) in [6, 6.07) is 6.42. The van der Waals surface area contributed by atoms with Crippen LogP contribution in [0.5, 0.6) is 0 Å². The number of nitrogens with zero attached hydrogens (tertiary/aromatic N) is 1. The largest absolute Gasteiger partial charge is 0.380 e. The molecule has 3 rings (SSSR count). The smallest absolute Gasteiger partial charge is 0.175 e. The van der Waals surface area contributed by atoms with Gasteiger partial charge in [0.1, 0.15) is 11.6 Å². The summed E-state index contributed by atoms with van der Waals surface area (Å²) >= 11 is 0. The first-order valence-corrected chi connectivity index (χ1v) is 6.68. The molecule has 1 saturated carbocycles. The summed E-state index contributed by atoms with van der Waals surface area (Å²) in [5.41, 5.74) is 7.41. The number of aromatic nitrogens is 1. The highest BCUT2D eigenvalue weighted by Gasteiger charge is 2.32. The summed E-state index contributed by atoms with van der Waals surface area (Å²) < 4.78 is 18.8. The fraction of sp³-hybridized carbons (Fsp3) is 0.400. The third-order valence-corrected chi connectivity index (χ3v) is 4.06. The van der Waals surface area contributed by atoms with Crippen LogP contribution in [-0.4, -0.2) is 5.16 Å². The first-order valence-electron chi connectivity index (χ1n) is 6.68. The quantitative estimate of drug-likeness (QED) is 0.889. The molecule has 2 unspecified atom stereocenters. The monoisotopic (exact) mass is 260 g/mol. The molecule has 19 heavy (non-hydrogen) atoms. The van der Waals surface area contributed by atoms with Gasteiger partial charge in [-0.25, -0.2) is 4.39 Å². The first-order chi connectivity index (χ1) is 9.16. The van der Waals surface area contributed by atoms with E-state index < -0.39 is 0 Å². The predicted molar refractivity (Wildman–Crippen MR) is 72.1 cm³/mol. The minimum Gasteiger partial charge on any atom is -0.380 e. The molecule has 1 fully saturated rings. The Balaban J connectivity index is 2.08. The molecule has 0 saturated heterocycles. The highest BCUT2D eigenvalue weighted by molar-refractivity contribution is 5.76. The van der Waals surface area contributed by atoms with E-state index in [4.69, 9.17) is 10.3 Å². The van der Waals surface area contributed by atoms with Gasteiger partial charge in [-0.3, -0.25) is 0 Å². The van der Waals surface area contributed by atoms with Crippen LogP contribution in [0.25, 0.3) is 11.1 Å². The van der Waals surface area contributed by atoms with Crippen molar-refractivity contribution in [1.82, 2.24) is 5.16 Å². The Bertz CT molecular complexity index is 594. The van der Waals surface area contributed by atoms with Gasteiger partial charge in [0.25, 0.3) is 0 Å². The molecule has 1 aromatic heterocycles. The van der Waals surface area contributed by atoms with E-state index >= 15 is 0 Å². The van der Waals surface area contributed by atoms with Crippen molar-refractivity contribution >= 4 is 5.82 Å². The summed E-state index contributed by atoms with van der Waals surface area (Å²) in [6.07, 6.45) is 3.46. The van der Waals surface area contributed by atoms with Gasteiger partial charge in [0.05, 0.1) is 5.56 Å². The van der Waals surface area contributed by atoms with Crippen LogP contribution in [0.2, 0.25) is 0 Å². The molecular weight excluding hydrogens is 243 g/mol. The number of rotatable bonds is 2. The van der Waals surface area contributed by atoms with E-state index in [0.717, 1.165) is 23.3 Å². The van der Waals surface area contributed by atoms with Gasteiger partial charge in [-0.2, -0.15) is 0 Å². The van der Waals surface area contributed by atoms with Gasteiger partial charge < -0.3 is 10.3 Å². The topological polar surface area (TPSA) is 52.0 Å². The lowest BCUT2D eigenvalue weighted by Gasteiger charge is -2.13. The molecule has 1 aliphatic rings. The average molecular weight is 260 g/mol. The Morgan fingerprint density at radius 2 is 2.21 bits per heavy atom. The van der Waals surface area contributed by atoms with E-state index in [2.05, 4.69) is 12.1 Å². The maximum absolute atomic E-state index is 13.4. The number of nitrogens with two attached hydrogens (primary N) is 1. The predicted octanol–water partition coefficient (Wildman–Crippen LogP) is 3.97. The minimum absolute atomic E-state index is 0.275. The molecule has 0 bridgehead atoms. The third kappa shape index (κ3) is 2.11. The molecule has 1 heterocycles. The number of hydrogen-bond donors (Lipinski definition) is 1. The molecule has 4 heteroatoms. The number of nitrogen functional groups attached to an aromatic ring is 1. The second-order valence-corrected chi connectivity index (χ2v) is 5.33. The van der Waals surface area contributed by atoms with Crippen LogP contribution in [0.4, 0.5) is 10.2 Å². The van der Waals surface area contributed by atoms with Crippen molar-refractivity contribution < 1.29 is 8.91 Å². The Hall–Kier alpha value is -1.84. The third-order valence-electron chi connectivity index (χ3n) is 4.06. The zero-order valence-corrected chi connectivity index (χ0v) is 10.9. The highest BCUT2D eigenvalue weighted by Crippen LogP contribution is 2.44. The zero-order valence-electron chi connectivity index (χ0n) is 10.9. The van der Waals surface area contributed by atoms with E-state index in [1.165, 1.54) is 25.0 Å². The highest BCUT2D eigenvalue weighted by atomic mass is 19.1. The van der Waals surface area contributed by atoms with Gasteiger partial charge in [-0.15, -0.1) is 0 Å². The molecule has 2 N–H and O–H groups in total. The van der Waals surface area contributed by atoms with Crippen LogP contribution < -0.4 is 5.73 Å². The lowest BCUT2D eigenvalue weighted by molar-refractivity contribution is 0.341. The lowest BCUT2D eigenvalue weighted by atomic mass is 9.90. The Labute approximate surface area is 111 Å². The molecule has 0 aliphatic heterocycles. The summed E-state index contributed by atoms with van der Waals surface area (Å²) in [6.45, 7) is 2.21. The van der Waals surface area contributed by atoms with Crippen molar-refractivity contribution in [2.24, 2.45) is 5.92 Å². The van der Waals surface area contributed by atoms with E-state index in [0.29, 0.717) is 17.7 Å². The van der Waals surface area contributed by atoms with Crippen LogP contribution in [0.3, 0.4) is 0 Å². The van der Waals surface area contributed by atoms with E-state index in [1.807, 2.05) is 6.07 Å². The van der Waals surface area contributed by atoms with Gasteiger partial charge in [0.2, 0.25) is 0 Å². The maximum atomic E-state index is 13.4. The molecule has 0 radical (unpaired) electrons. The Kier molecular flexibility index (Phi) is 3.01. The normalized spacial score (nSPS) is 22.8. The maximum Gasteiger partial charge on any atom is 0.175 e. The van der Waals surface area contributed by atoms with Crippen LogP contribution in [0.1, 0.15) is 37.9 Å². The second-order valence-electron chi connectivity index (χ2n) is 5.33. The van der Waals surface area contributed by atoms with Gasteiger partial charge in [-0.1, -0.05) is 30.6 Å². The first kappa shape index (κ1) is 12.2. The van der Waals surface area contributed by atoms with Crippen molar-refractivity contribution in [2.45, 2.75) is 32.1 Å². The molecular formula is C15H17FN2O. The SMILES string of the molecule is CC1CCCC1c1onc(N)c1-c1cccc(F)c1. The summed E-state index contributed by atoms with van der Waals surface area (Å²) in [5.74, 6) is 1.78. The van der Waals surface area contributed by atoms with Gasteiger partial charge >= 0.3 is 0 Å². The number of anilines is 1. The number of hydrogen-bond acceptors (Lipinski definition) is 3. The van der Waals surface area contributed by atoms with Crippen LogP contribution in [0, 0.1) is 11.7 Å². The summed E-state index contributed by atoms with van der Waals surface area (Å²) in [7, 11) is 0. The zero-order chi connectivity index (χ0) is 13.4. The standard InChI is InChI=1S/C15H17FN2O/c1-9-4-2-7-12(9)14-13(15(17)18-19-14)10-5-3-6-11(16)8-10/h3,5-6,8-9,12H,2,4,7H2,1H3,(H2,17,18). The molecule has 1 aliphatic carbocycles. The van der Waals surface area contributed by atoms with Crippen molar-refractivity contribution in [3.05, 3.63) is 35.8 Å². The van der Waals surface area contributed by atoms with E-state index in [-0.39, 0.29) is 5.82 Å². The van der Waals surface area contributed by atoms with Crippen molar-refractivity contribution in [3.63, 3.8) is 0 Å². The number of halogens is 1. The molecule has 0 amide bonds. The molecule has 0 spiro atoms. The van der Waals surface area contributed by atoms with Gasteiger partial charge in [-0.05, 0) is 36.5 Å². The van der Waals surface area contributed by atoms with E-state index in [1.54, 1.807) is 6.07 Å². The molecule has 100 valence electrons. The Morgan fingerprint density at radius 3 is 2.89 bits per heavy atom. The summed E-state index contributed by atoms with van der Waals surface area (Å²) in [5, 5.41) is 3.88. The second kappa shape index (κ2) is 4.68. The van der Waals surface area contributed by atoms with Crippen LogP contribution in [-0.2, 0) is 0 Å². The van der Waals surface area contributed by atoms with Crippen LogP contribution >= 0.6 is 0 Å². The average Bonchev–Trinajstić information content (AvgIpc) is 2.95. The molecule has 2 atom stereocenters. The van der Waals surface area contributed by atoms with E-state index in [9.17, 15) is 4.39 Å². The lowest BCUT2D eigenvalue weighted by Crippen LogP contribution is -2.02. The molecule has 2 aromatic rings. The van der Waals surface area contributed by atoms with Crippen molar-refractivity contribution in [3.8, 4) is 11.1 Å². The number of benzene rings is 1. The van der Waals surface area contributed by atoms with Crippen LogP contribution in [0.15, 0.2) is 28.8 Å². The molecule has 1 aromatic carbocycles. The van der Waals surface area contributed by atoms with Crippen molar-refractivity contribution in [2.75, 3.05) is 5.73 Å². The fourth-order valence-corrected chi connectivity index (χ4v) is 3.04. The molecule has 3 nitrogen and oxygen atoms in total. The minimum atomic E-state index is -0.275.